The van der Waals surface area contributed by atoms with E-state index in [0.29, 0.717) is 6.10 Å². The molecule has 1 N–H and O–H groups in total. The van der Waals surface area contributed by atoms with Crippen molar-refractivity contribution in [3.05, 3.63) is 0 Å². The minimum absolute atomic E-state index is 0.140. The molecule has 0 spiro atoms. The summed E-state index contributed by atoms with van der Waals surface area (Å²) in [6, 6.07) is 0. The third-order valence-corrected chi connectivity index (χ3v) is 6.80. The predicted molar refractivity (Wildman–Crippen MR) is 104 cm³/mol. The van der Waals surface area contributed by atoms with Gasteiger partial charge in [-0.15, -0.1) is 0 Å². The Morgan fingerprint density at radius 3 is 2.20 bits per heavy atom. The number of likely N-dealkylation sites (tertiary alicyclic amines) is 2. The zero-order valence-electron chi connectivity index (χ0n) is 16.8. The molecular formula is C20H38N4O. The molecule has 144 valence electrons. The van der Waals surface area contributed by atoms with E-state index in [9.17, 15) is 0 Å². The third kappa shape index (κ3) is 4.48. The summed E-state index contributed by atoms with van der Waals surface area (Å²) in [6.45, 7) is 10.3. The van der Waals surface area contributed by atoms with Crippen LogP contribution in [0.25, 0.3) is 0 Å². The van der Waals surface area contributed by atoms with E-state index in [1.165, 1.54) is 38.8 Å². The quantitative estimate of drug-likeness (QED) is 0.625. The largest absolute Gasteiger partial charge is 0.381 e. The summed E-state index contributed by atoms with van der Waals surface area (Å²) in [7, 11) is 3.77. The number of fused-ring (bicyclic) bond motifs is 1. The molecule has 0 aromatic rings. The Bertz CT molecular complexity index is 443. The standard InChI is InChI=1S/C20H38N4O/c1-20(2,24-11-9-18(25-4)10-12-24)15-22-19(21-3)23-13-16-7-5-6-8-17(16)14-23/h16-18H,5-15H2,1-4H3,(H,21,22). The highest BCUT2D eigenvalue weighted by Gasteiger charge is 2.36. The van der Waals surface area contributed by atoms with Gasteiger partial charge in [0, 0.05) is 52.4 Å². The van der Waals surface area contributed by atoms with Crippen LogP contribution in [0.2, 0.25) is 0 Å². The van der Waals surface area contributed by atoms with Gasteiger partial charge in [0.1, 0.15) is 0 Å². The van der Waals surface area contributed by atoms with Crippen LogP contribution in [-0.4, -0.2) is 74.3 Å². The number of hydrogen-bond donors (Lipinski definition) is 1. The van der Waals surface area contributed by atoms with E-state index in [1.807, 2.05) is 14.2 Å². The van der Waals surface area contributed by atoms with Crippen molar-refractivity contribution in [2.45, 2.75) is 64.0 Å². The normalized spacial score (nSPS) is 29.8. The topological polar surface area (TPSA) is 40.1 Å². The molecule has 5 heteroatoms. The van der Waals surface area contributed by atoms with Crippen LogP contribution < -0.4 is 5.32 Å². The molecule has 0 aromatic heterocycles. The molecule has 0 aromatic carbocycles. The molecule has 1 saturated carbocycles. The second-order valence-corrected chi connectivity index (χ2v) is 8.84. The van der Waals surface area contributed by atoms with E-state index in [4.69, 9.17) is 4.74 Å². The highest BCUT2D eigenvalue weighted by molar-refractivity contribution is 5.80. The monoisotopic (exact) mass is 350 g/mol. The van der Waals surface area contributed by atoms with Crippen molar-refractivity contribution < 1.29 is 4.74 Å². The number of piperidine rings is 1. The second kappa shape index (κ2) is 8.26. The molecule has 0 amide bonds. The van der Waals surface area contributed by atoms with Crippen molar-refractivity contribution in [2.75, 3.05) is 46.9 Å². The summed E-state index contributed by atoms with van der Waals surface area (Å²) in [4.78, 5) is 9.71. The van der Waals surface area contributed by atoms with Crippen LogP contribution in [0.4, 0.5) is 0 Å². The van der Waals surface area contributed by atoms with Gasteiger partial charge in [-0.25, -0.2) is 0 Å². The van der Waals surface area contributed by atoms with E-state index < -0.39 is 0 Å². The minimum Gasteiger partial charge on any atom is -0.381 e. The first-order valence-electron chi connectivity index (χ1n) is 10.3. The highest BCUT2D eigenvalue weighted by atomic mass is 16.5. The smallest absolute Gasteiger partial charge is 0.193 e. The lowest BCUT2D eigenvalue weighted by atomic mass is 9.82. The predicted octanol–water partition coefficient (Wildman–Crippen LogP) is 2.57. The number of rotatable bonds is 4. The number of hydrogen-bond acceptors (Lipinski definition) is 3. The molecule has 3 fully saturated rings. The number of methoxy groups -OCH3 is 1. The van der Waals surface area contributed by atoms with Crippen molar-refractivity contribution in [1.29, 1.82) is 0 Å². The number of nitrogens with zero attached hydrogens (tertiary/aromatic N) is 3. The number of nitrogens with one attached hydrogen (secondary N) is 1. The number of ether oxygens (including phenoxy) is 1. The second-order valence-electron chi connectivity index (χ2n) is 8.84. The molecular weight excluding hydrogens is 312 g/mol. The van der Waals surface area contributed by atoms with Gasteiger partial charge in [-0.05, 0) is 51.4 Å². The molecule has 0 radical (unpaired) electrons. The van der Waals surface area contributed by atoms with E-state index in [1.54, 1.807) is 0 Å². The van der Waals surface area contributed by atoms with Gasteiger partial charge in [0.15, 0.2) is 5.96 Å². The first-order valence-corrected chi connectivity index (χ1v) is 10.3. The van der Waals surface area contributed by atoms with Crippen LogP contribution in [0.15, 0.2) is 4.99 Å². The molecule has 2 saturated heterocycles. The molecule has 5 nitrogen and oxygen atoms in total. The summed E-state index contributed by atoms with van der Waals surface area (Å²) in [5.41, 5.74) is 0.140. The fraction of sp³-hybridized carbons (Fsp3) is 0.950. The number of guanidine groups is 1. The summed E-state index contributed by atoms with van der Waals surface area (Å²) >= 11 is 0. The van der Waals surface area contributed by atoms with E-state index in [2.05, 4.69) is 34.0 Å². The van der Waals surface area contributed by atoms with E-state index >= 15 is 0 Å². The van der Waals surface area contributed by atoms with Crippen molar-refractivity contribution in [3.8, 4) is 0 Å². The average molecular weight is 351 g/mol. The van der Waals surface area contributed by atoms with Gasteiger partial charge in [-0.1, -0.05) is 12.8 Å². The van der Waals surface area contributed by atoms with Crippen molar-refractivity contribution >= 4 is 5.96 Å². The first kappa shape index (κ1) is 19.0. The molecule has 1 aliphatic carbocycles. The van der Waals surface area contributed by atoms with Crippen LogP contribution in [0.5, 0.6) is 0 Å². The van der Waals surface area contributed by atoms with Crippen LogP contribution in [0.1, 0.15) is 52.4 Å². The molecule has 25 heavy (non-hydrogen) atoms. The van der Waals surface area contributed by atoms with Crippen molar-refractivity contribution in [1.82, 2.24) is 15.1 Å². The van der Waals surface area contributed by atoms with Crippen LogP contribution in [0, 0.1) is 11.8 Å². The Morgan fingerprint density at radius 2 is 1.68 bits per heavy atom. The zero-order chi connectivity index (χ0) is 17.9. The first-order chi connectivity index (χ1) is 12.0. The maximum atomic E-state index is 5.51. The van der Waals surface area contributed by atoms with Gasteiger partial charge in [0.2, 0.25) is 0 Å². The van der Waals surface area contributed by atoms with E-state index in [-0.39, 0.29) is 5.54 Å². The Labute approximate surface area is 154 Å². The van der Waals surface area contributed by atoms with Crippen LogP contribution in [-0.2, 0) is 4.74 Å². The lowest BCUT2D eigenvalue weighted by molar-refractivity contribution is 0.00767. The highest BCUT2D eigenvalue weighted by Crippen LogP contribution is 2.36. The fourth-order valence-electron chi connectivity index (χ4n) is 5.02. The van der Waals surface area contributed by atoms with Gasteiger partial charge in [0.05, 0.1) is 6.10 Å². The van der Waals surface area contributed by atoms with Crippen molar-refractivity contribution in [3.63, 3.8) is 0 Å². The molecule has 2 unspecified atom stereocenters. The Balaban J connectivity index is 1.50. The third-order valence-electron chi connectivity index (χ3n) is 6.80. The molecule has 3 rings (SSSR count). The fourth-order valence-corrected chi connectivity index (χ4v) is 5.02. The average Bonchev–Trinajstić information content (AvgIpc) is 3.06. The van der Waals surface area contributed by atoms with Gasteiger partial charge >= 0.3 is 0 Å². The molecule has 0 bridgehead atoms. The lowest BCUT2D eigenvalue weighted by Gasteiger charge is -2.43. The van der Waals surface area contributed by atoms with Crippen molar-refractivity contribution in [2.24, 2.45) is 16.8 Å². The van der Waals surface area contributed by atoms with Gasteiger partial charge in [-0.2, -0.15) is 0 Å². The summed E-state index contributed by atoms with van der Waals surface area (Å²) < 4.78 is 5.51. The molecule has 2 aliphatic heterocycles. The SMILES string of the molecule is CN=C(NCC(C)(C)N1CCC(OC)CC1)N1CC2CCCCC2C1. The number of aliphatic imine (C=N–C) groups is 1. The molecule has 3 aliphatic rings. The molecule has 2 atom stereocenters. The van der Waals surface area contributed by atoms with Gasteiger partial charge in [0.25, 0.3) is 0 Å². The van der Waals surface area contributed by atoms with E-state index in [0.717, 1.165) is 50.3 Å². The maximum Gasteiger partial charge on any atom is 0.193 e. The Kier molecular flexibility index (Phi) is 6.26. The van der Waals surface area contributed by atoms with Gasteiger partial charge in [-0.3, -0.25) is 9.89 Å². The molecule has 2 heterocycles. The lowest BCUT2D eigenvalue weighted by Crippen LogP contribution is -2.56. The summed E-state index contributed by atoms with van der Waals surface area (Å²) in [6.07, 6.45) is 8.40. The van der Waals surface area contributed by atoms with Gasteiger partial charge < -0.3 is 15.0 Å². The van der Waals surface area contributed by atoms with Crippen LogP contribution in [0.3, 0.4) is 0 Å². The minimum atomic E-state index is 0.140. The zero-order valence-corrected chi connectivity index (χ0v) is 16.8. The Hall–Kier alpha value is -0.810. The maximum absolute atomic E-state index is 5.51. The van der Waals surface area contributed by atoms with Crippen LogP contribution >= 0.6 is 0 Å². The Morgan fingerprint density at radius 1 is 1.08 bits per heavy atom. The summed E-state index contributed by atoms with van der Waals surface area (Å²) in [5.74, 6) is 2.90. The summed E-state index contributed by atoms with van der Waals surface area (Å²) in [5, 5.41) is 3.69.